The number of rotatable bonds is 11. The standard InChI is InChI=1S/C21H26N2O6/c22-13-20(25)28-18-8-5-16(12-19(18)29-21(26)14-23)2-1-10-27-11-9-15-3-6-17(24)7-4-15/h3-8,12,24H,1-2,9-11,13-14,22-23H2. The molecule has 8 heteroatoms. The summed E-state index contributed by atoms with van der Waals surface area (Å²) in [6, 6.07) is 12.0. The summed E-state index contributed by atoms with van der Waals surface area (Å²) in [4.78, 5) is 22.9. The maximum absolute atomic E-state index is 11.5. The molecule has 0 radical (unpaired) electrons. The van der Waals surface area contributed by atoms with E-state index < -0.39 is 11.9 Å². The zero-order valence-electron chi connectivity index (χ0n) is 16.1. The van der Waals surface area contributed by atoms with Crippen LogP contribution in [0.4, 0.5) is 0 Å². The van der Waals surface area contributed by atoms with Gasteiger partial charge in [-0.25, -0.2) is 0 Å². The normalized spacial score (nSPS) is 10.6. The second kappa shape index (κ2) is 11.8. The van der Waals surface area contributed by atoms with Crippen LogP contribution < -0.4 is 20.9 Å². The Kier molecular flexibility index (Phi) is 9.10. The van der Waals surface area contributed by atoms with Crippen molar-refractivity contribution in [3.8, 4) is 17.2 Å². The zero-order valence-corrected chi connectivity index (χ0v) is 16.1. The van der Waals surface area contributed by atoms with Crippen LogP contribution in [0.1, 0.15) is 17.5 Å². The van der Waals surface area contributed by atoms with Crippen LogP contribution in [0, 0.1) is 0 Å². The minimum atomic E-state index is -0.634. The van der Waals surface area contributed by atoms with Gasteiger partial charge in [0.25, 0.3) is 0 Å². The van der Waals surface area contributed by atoms with E-state index in [1.807, 2.05) is 12.1 Å². The fraction of sp³-hybridized carbons (Fsp3) is 0.333. The summed E-state index contributed by atoms with van der Waals surface area (Å²) in [6.07, 6.45) is 2.22. The summed E-state index contributed by atoms with van der Waals surface area (Å²) in [6.45, 7) is 0.578. The Morgan fingerprint density at radius 2 is 1.41 bits per heavy atom. The summed E-state index contributed by atoms with van der Waals surface area (Å²) in [5, 5.41) is 9.27. The van der Waals surface area contributed by atoms with Gasteiger partial charge >= 0.3 is 11.9 Å². The predicted octanol–water partition coefficient (Wildman–Crippen LogP) is 1.31. The van der Waals surface area contributed by atoms with Gasteiger partial charge in [-0.15, -0.1) is 0 Å². The van der Waals surface area contributed by atoms with Crippen molar-refractivity contribution < 1.29 is 28.9 Å². The molecule has 0 aliphatic rings. The molecule has 0 unspecified atom stereocenters. The monoisotopic (exact) mass is 402 g/mol. The number of nitrogens with two attached hydrogens (primary N) is 2. The van der Waals surface area contributed by atoms with Gasteiger partial charge in [0.05, 0.1) is 19.7 Å². The van der Waals surface area contributed by atoms with Crippen molar-refractivity contribution in [2.45, 2.75) is 19.3 Å². The number of esters is 2. The lowest BCUT2D eigenvalue weighted by Crippen LogP contribution is -2.22. The highest BCUT2D eigenvalue weighted by molar-refractivity contribution is 5.77. The molecule has 0 aliphatic heterocycles. The minimum Gasteiger partial charge on any atom is -0.508 e. The molecular weight excluding hydrogens is 376 g/mol. The number of benzene rings is 2. The lowest BCUT2D eigenvalue weighted by molar-refractivity contribution is -0.135. The molecule has 0 heterocycles. The average Bonchev–Trinajstić information content (AvgIpc) is 2.73. The van der Waals surface area contributed by atoms with Gasteiger partial charge in [-0.05, 0) is 54.7 Å². The van der Waals surface area contributed by atoms with Gasteiger partial charge in [-0.3, -0.25) is 9.59 Å². The van der Waals surface area contributed by atoms with Crippen molar-refractivity contribution in [1.29, 1.82) is 0 Å². The van der Waals surface area contributed by atoms with Gasteiger partial charge in [0.2, 0.25) is 0 Å². The van der Waals surface area contributed by atoms with Crippen molar-refractivity contribution in [1.82, 2.24) is 0 Å². The van der Waals surface area contributed by atoms with Crippen molar-refractivity contribution >= 4 is 11.9 Å². The highest BCUT2D eigenvalue weighted by Gasteiger charge is 2.13. The number of carbonyl (C=O) groups excluding carboxylic acids is 2. The molecule has 0 amide bonds. The van der Waals surface area contributed by atoms with E-state index in [9.17, 15) is 14.7 Å². The molecule has 156 valence electrons. The van der Waals surface area contributed by atoms with Crippen LogP contribution in [-0.2, 0) is 27.2 Å². The van der Waals surface area contributed by atoms with E-state index in [2.05, 4.69) is 0 Å². The first-order valence-electron chi connectivity index (χ1n) is 9.32. The second-order valence-electron chi connectivity index (χ2n) is 6.27. The smallest absolute Gasteiger partial charge is 0.325 e. The molecule has 0 saturated heterocycles. The molecule has 0 fully saturated rings. The van der Waals surface area contributed by atoms with E-state index in [0.717, 1.165) is 24.0 Å². The molecule has 0 saturated carbocycles. The molecule has 0 aromatic heterocycles. The van der Waals surface area contributed by atoms with Crippen LogP contribution in [0.5, 0.6) is 17.2 Å². The van der Waals surface area contributed by atoms with E-state index in [4.69, 9.17) is 25.7 Å². The SMILES string of the molecule is NCC(=O)Oc1ccc(CCCOCCc2ccc(O)cc2)cc1OC(=O)CN. The minimum absolute atomic E-state index is 0.121. The summed E-state index contributed by atoms with van der Waals surface area (Å²) >= 11 is 0. The van der Waals surface area contributed by atoms with E-state index in [0.29, 0.717) is 19.6 Å². The Morgan fingerprint density at radius 1 is 0.793 bits per heavy atom. The zero-order chi connectivity index (χ0) is 21.1. The van der Waals surface area contributed by atoms with Crippen LogP contribution in [0.25, 0.3) is 0 Å². The third-order valence-corrected chi connectivity index (χ3v) is 4.01. The maximum atomic E-state index is 11.5. The first-order chi connectivity index (χ1) is 14.0. The fourth-order valence-electron chi connectivity index (χ4n) is 2.53. The first-order valence-corrected chi connectivity index (χ1v) is 9.32. The fourth-order valence-corrected chi connectivity index (χ4v) is 2.53. The number of ether oxygens (including phenoxy) is 3. The Balaban J connectivity index is 1.82. The number of phenols is 1. The van der Waals surface area contributed by atoms with Crippen molar-refractivity contribution in [2.75, 3.05) is 26.3 Å². The number of aromatic hydroxyl groups is 1. The highest BCUT2D eigenvalue weighted by Crippen LogP contribution is 2.29. The molecular formula is C21H26N2O6. The topological polar surface area (TPSA) is 134 Å². The molecule has 0 spiro atoms. The largest absolute Gasteiger partial charge is 0.508 e. The number of phenolic OH excluding ortho intramolecular Hbond substituents is 1. The van der Waals surface area contributed by atoms with Crippen molar-refractivity contribution in [2.24, 2.45) is 11.5 Å². The van der Waals surface area contributed by atoms with E-state index in [1.54, 1.807) is 30.3 Å². The Bertz CT molecular complexity index is 807. The van der Waals surface area contributed by atoms with Gasteiger partial charge in [0.15, 0.2) is 11.5 Å². The number of hydrogen-bond donors (Lipinski definition) is 3. The number of carbonyl (C=O) groups is 2. The lowest BCUT2D eigenvalue weighted by atomic mass is 10.1. The Labute approximate surface area is 169 Å². The quantitative estimate of drug-likeness (QED) is 0.291. The summed E-state index contributed by atoms with van der Waals surface area (Å²) in [5.41, 5.74) is 12.5. The van der Waals surface area contributed by atoms with E-state index in [-0.39, 0.29) is 30.3 Å². The molecule has 8 nitrogen and oxygen atoms in total. The molecule has 5 N–H and O–H groups in total. The lowest BCUT2D eigenvalue weighted by Gasteiger charge is -2.12. The van der Waals surface area contributed by atoms with E-state index in [1.165, 1.54) is 0 Å². The summed E-state index contributed by atoms with van der Waals surface area (Å²) in [5.74, 6) is -0.770. The third-order valence-electron chi connectivity index (χ3n) is 4.01. The van der Waals surface area contributed by atoms with Crippen LogP contribution in [0.2, 0.25) is 0 Å². The summed E-state index contributed by atoms with van der Waals surface area (Å²) < 4.78 is 15.9. The third kappa shape index (κ3) is 7.90. The first kappa shape index (κ1) is 22.4. The van der Waals surface area contributed by atoms with Gasteiger partial charge in [0, 0.05) is 6.61 Å². The van der Waals surface area contributed by atoms with Crippen LogP contribution in [-0.4, -0.2) is 43.3 Å². The van der Waals surface area contributed by atoms with Crippen molar-refractivity contribution in [3.63, 3.8) is 0 Å². The molecule has 0 bridgehead atoms. The van der Waals surface area contributed by atoms with Gasteiger partial charge in [-0.2, -0.15) is 0 Å². The molecule has 2 rings (SSSR count). The predicted molar refractivity (Wildman–Crippen MR) is 107 cm³/mol. The van der Waals surface area contributed by atoms with Crippen molar-refractivity contribution in [3.05, 3.63) is 53.6 Å². The Hall–Kier alpha value is -2.94. The van der Waals surface area contributed by atoms with Crippen LogP contribution in [0.3, 0.4) is 0 Å². The summed E-state index contributed by atoms with van der Waals surface area (Å²) in [7, 11) is 0. The van der Waals surface area contributed by atoms with Crippen LogP contribution in [0.15, 0.2) is 42.5 Å². The van der Waals surface area contributed by atoms with Gasteiger partial charge in [0.1, 0.15) is 5.75 Å². The van der Waals surface area contributed by atoms with Gasteiger partial charge < -0.3 is 30.8 Å². The molecule has 29 heavy (non-hydrogen) atoms. The average molecular weight is 402 g/mol. The molecule has 0 atom stereocenters. The molecule has 0 aliphatic carbocycles. The second-order valence-corrected chi connectivity index (χ2v) is 6.27. The van der Waals surface area contributed by atoms with Crippen LogP contribution >= 0.6 is 0 Å². The number of hydrogen-bond acceptors (Lipinski definition) is 8. The molecule has 2 aromatic rings. The van der Waals surface area contributed by atoms with Gasteiger partial charge in [-0.1, -0.05) is 18.2 Å². The maximum Gasteiger partial charge on any atom is 0.325 e. The highest BCUT2D eigenvalue weighted by atomic mass is 16.6. The molecule has 2 aromatic carbocycles. The van der Waals surface area contributed by atoms with E-state index >= 15 is 0 Å². The number of aryl methyl sites for hydroxylation is 1. The Morgan fingerprint density at radius 3 is 2.07 bits per heavy atom.